The second-order valence-electron chi connectivity index (χ2n) is 7.91. The number of carbonyl (C=O) groups excluding carboxylic acids is 1. The number of thioether (sulfide) groups is 1. The Labute approximate surface area is 178 Å². The Kier molecular flexibility index (Phi) is 4.95. The Bertz CT molecular complexity index is 1060. The third kappa shape index (κ3) is 3.62. The zero-order chi connectivity index (χ0) is 20.0. The molecule has 3 heterocycles. The predicted octanol–water partition coefficient (Wildman–Crippen LogP) is 4.99. The fourth-order valence-electron chi connectivity index (χ4n) is 4.16. The Morgan fingerprint density at radius 1 is 1.28 bits per heavy atom. The second-order valence-corrected chi connectivity index (χ2v) is 10.3. The molecule has 29 heavy (non-hydrogen) atoms. The molecule has 0 unspecified atom stereocenters. The Hall–Kier alpha value is -2.12. The molecule has 5 rings (SSSR count). The van der Waals surface area contributed by atoms with Gasteiger partial charge in [0.2, 0.25) is 5.91 Å². The van der Waals surface area contributed by atoms with E-state index in [-0.39, 0.29) is 11.2 Å². The number of rotatable bonds is 4. The first-order valence-corrected chi connectivity index (χ1v) is 11.8. The number of aryl methyl sites for hydroxylation is 1. The summed E-state index contributed by atoms with van der Waals surface area (Å²) < 4.78 is 5.91. The van der Waals surface area contributed by atoms with Gasteiger partial charge in [0.1, 0.15) is 0 Å². The second kappa shape index (κ2) is 7.61. The van der Waals surface area contributed by atoms with E-state index in [1.807, 2.05) is 30.0 Å². The monoisotopic (exact) mass is 425 g/mol. The van der Waals surface area contributed by atoms with Crippen LogP contribution >= 0.6 is 23.1 Å². The zero-order valence-electron chi connectivity index (χ0n) is 16.6. The van der Waals surface area contributed by atoms with Gasteiger partial charge < -0.3 is 9.32 Å². The Morgan fingerprint density at radius 2 is 2.14 bits per heavy atom. The summed E-state index contributed by atoms with van der Waals surface area (Å²) in [5, 5.41) is 8.60. The van der Waals surface area contributed by atoms with Crippen LogP contribution in [0.5, 0.6) is 0 Å². The van der Waals surface area contributed by atoms with Gasteiger partial charge in [-0.3, -0.25) is 4.79 Å². The molecule has 0 saturated carbocycles. The summed E-state index contributed by atoms with van der Waals surface area (Å²) in [6.45, 7) is 4.94. The highest BCUT2D eigenvalue weighted by Crippen LogP contribution is 2.38. The SMILES string of the molecule is C[C@H]1CCc2sc(-c3nnc(S[C@@H](C)C(=O)N4CCc5ccccc54)o3)cc2C1. The summed E-state index contributed by atoms with van der Waals surface area (Å²) in [4.78, 5) is 17.3. The van der Waals surface area contributed by atoms with Gasteiger partial charge in [0.15, 0.2) is 0 Å². The van der Waals surface area contributed by atoms with Gasteiger partial charge in [-0.1, -0.05) is 36.9 Å². The molecule has 7 heteroatoms. The van der Waals surface area contributed by atoms with Crippen LogP contribution in [0.15, 0.2) is 40.0 Å². The van der Waals surface area contributed by atoms with Crippen molar-refractivity contribution in [2.24, 2.45) is 5.92 Å². The maximum absolute atomic E-state index is 13.0. The van der Waals surface area contributed by atoms with E-state index in [2.05, 4.69) is 29.3 Å². The van der Waals surface area contributed by atoms with Crippen LogP contribution in [0.25, 0.3) is 10.8 Å². The number of hydrogen-bond donors (Lipinski definition) is 0. The molecule has 150 valence electrons. The molecule has 2 atom stereocenters. The molecular weight excluding hydrogens is 402 g/mol. The van der Waals surface area contributed by atoms with Crippen LogP contribution in [-0.4, -0.2) is 27.9 Å². The lowest BCUT2D eigenvalue weighted by atomic mass is 9.90. The van der Waals surface area contributed by atoms with E-state index in [1.165, 1.54) is 34.2 Å². The topological polar surface area (TPSA) is 59.2 Å². The van der Waals surface area contributed by atoms with Gasteiger partial charge >= 0.3 is 0 Å². The van der Waals surface area contributed by atoms with Crippen LogP contribution in [0.3, 0.4) is 0 Å². The van der Waals surface area contributed by atoms with Crippen molar-refractivity contribution in [3.8, 4) is 10.8 Å². The first-order valence-electron chi connectivity index (χ1n) is 10.1. The highest BCUT2D eigenvalue weighted by atomic mass is 32.2. The molecule has 1 amide bonds. The lowest BCUT2D eigenvalue weighted by molar-refractivity contribution is -0.117. The molecule has 0 saturated heterocycles. The van der Waals surface area contributed by atoms with Gasteiger partial charge in [-0.2, -0.15) is 0 Å². The largest absolute Gasteiger partial charge is 0.410 e. The third-order valence-electron chi connectivity index (χ3n) is 5.73. The molecule has 1 aliphatic carbocycles. The summed E-state index contributed by atoms with van der Waals surface area (Å²) in [7, 11) is 0. The summed E-state index contributed by atoms with van der Waals surface area (Å²) in [6, 6.07) is 10.3. The quantitative estimate of drug-likeness (QED) is 0.551. The minimum atomic E-state index is -0.285. The number of thiophene rings is 1. The standard InChI is InChI=1S/C22H23N3O2S2/c1-13-7-8-18-16(11-13)12-19(29-18)20-23-24-22(27-20)28-14(2)21(26)25-10-9-15-5-3-4-6-17(15)25/h3-6,12-14H,7-11H2,1-2H3/t13-,14-/m0/s1. The van der Waals surface area contributed by atoms with Crippen molar-refractivity contribution in [1.82, 2.24) is 10.2 Å². The van der Waals surface area contributed by atoms with Crippen LogP contribution < -0.4 is 4.90 Å². The van der Waals surface area contributed by atoms with E-state index in [0.717, 1.165) is 42.3 Å². The lowest BCUT2D eigenvalue weighted by Crippen LogP contribution is -2.35. The molecule has 1 aliphatic heterocycles. The van der Waals surface area contributed by atoms with Gasteiger partial charge in [-0.05, 0) is 61.8 Å². The Morgan fingerprint density at radius 3 is 3.03 bits per heavy atom. The van der Waals surface area contributed by atoms with Crippen LogP contribution in [-0.2, 0) is 24.1 Å². The average Bonchev–Trinajstić information content (AvgIpc) is 3.44. The Balaban J connectivity index is 1.29. The van der Waals surface area contributed by atoms with E-state index in [0.29, 0.717) is 11.1 Å². The van der Waals surface area contributed by atoms with Crippen molar-refractivity contribution >= 4 is 34.7 Å². The van der Waals surface area contributed by atoms with Crippen LogP contribution in [0.1, 0.15) is 36.3 Å². The normalized spacial score (nSPS) is 19.1. The maximum atomic E-state index is 13.0. The van der Waals surface area contributed by atoms with Crippen LogP contribution in [0.4, 0.5) is 5.69 Å². The molecule has 0 N–H and O–H groups in total. The fraction of sp³-hybridized carbons (Fsp3) is 0.409. The van der Waals surface area contributed by atoms with Crippen molar-refractivity contribution in [2.75, 3.05) is 11.4 Å². The van der Waals surface area contributed by atoms with Gasteiger partial charge in [0.05, 0.1) is 10.1 Å². The van der Waals surface area contributed by atoms with E-state index < -0.39 is 0 Å². The highest BCUT2D eigenvalue weighted by molar-refractivity contribution is 8.00. The van der Waals surface area contributed by atoms with Gasteiger partial charge in [-0.15, -0.1) is 21.5 Å². The van der Waals surface area contributed by atoms with Gasteiger partial charge in [0.25, 0.3) is 11.1 Å². The molecule has 0 spiro atoms. The number of anilines is 1. The fourth-order valence-corrected chi connectivity index (χ4v) is 6.03. The summed E-state index contributed by atoms with van der Waals surface area (Å²) >= 11 is 3.10. The number of para-hydroxylation sites is 1. The first-order chi connectivity index (χ1) is 14.1. The lowest BCUT2D eigenvalue weighted by Gasteiger charge is -2.20. The summed E-state index contributed by atoms with van der Waals surface area (Å²) in [5.41, 5.74) is 3.68. The maximum Gasteiger partial charge on any atom is 0.277 e. The molecule has 2 aromatic heterocycles. The van der Waals surface area contributed by atoms with Crippen molar-refractivity contribution in [2.45, 2.75) is 50.0 Å². The number of nitrogens with zero attached hydrogens (tertiary/aromatic N) is 3. The molecule has 1 aromatic carbocycles. The van der Waals surface area contributed by atoms with E-state index in [4.69, 9.17) is 4.42 Å². The molecule has 0 fully saturated rings. The minimum Gasteiger partial charge on any atom is -0.410 e. The van der Waals surface area contributed by atoms with Crippen LogP contribution in [0, 0.1) is 5.92 Å². The van der Waals surface area contributed by atoms with Crippen molar-refractivity contribution in [1.29, 1.82) is 0 Å². The summed E-state index contributed by atoms with van der Waals surface area (Å²) in [6.07, 6.45) is 4.42. The van der Waals surface area contributed by atoms with Crippen molar-refractivity contribution in [3.05, 3.63) is 46.3 Å². The van der Waals surface area contributed by atoms with Crippen molar-refractivity contribution in [3.63, 3.8) is 0 Å². The zero-order valence-corrected chi connectivity index (χ0v) is 18.2. The molecule has 3 aromatic rings. The smallest absolute Gasteiger partial charge is 0.277 e. The number of hydrogen-bond acceptors (Lipinski definition) is 6. The van der Waals surface area contributed by atoms with E-state index in [9.17, 15) is 4.79 Å². The number of fused-ring (bicyclic) bond motifs is 2. The summed E-state index contributed by atoms with van der Waals surface area (Å²) in [5.74, 6) is 1.38. The van der Waals surface area contributed by atoms with E-state index in [1.54, 1.807) is 11.3 Å². The minimum absolute atomic E-state index is 0.0836. The number of amides is 1. The molecule has 0 bridgehead atoms. The number of aromatic nitrogens is 2. The number of benzene rings is 1. The van der Waals surface area contributed by atoms with Gasteiger partial charge in [0, 0.05) is 17.1 Å². The molecular formula is C22H23N3O2S2. The molecule has 0 radical (unpaired) electrons. The molecule has 5 nitrogen and oxygen atoms in total. The van der Waals surface area contributed by atoms with Crippen LogP contribution in [0.2, 0.25) is 0 Å². The average molecular weight is 426 g/mol. The highest BCUT2D eigenvalue weighted by Gasteiger charge is 2.29. The third-order valence-corrected chi connectivity index (χ3v) is 7.87. The van der Waals surface area contributed by atoms with Gasteiger partial charge in [-0.25, -0.2) is 0 Å². The molecule has 2 aliphatic rings. The first kappa shape index (κ1) is 18.9. The van der Waals surface area contributed by atoms with E-state index >= 15 is 0 Å². The number of carbonyl (C=O) groups is 1. The predicted molar refractivity (Wildman–Crippen MR) is 117 cm³/mol. The van der Waals surface area contributed by atoms with Crippen molar-refractivity contribution < 1.29 is 9.21 Å².